The maximum atomic E-state index is 12.3. The fourth-order valence-electron chi connectivity index (χ4n) is 1.89. The van der Waals surface area contributed by atoms with E-state index in [2.05, 4.69) is 0 Å². The number of carbonyl (C=O) groups excluding carboxylic acids is 2. The van der Waals surface area contributed by atoms with E-state index in [0.29, 0.717) is 26.6 Å². The van der Waals surface area contributed by atoms with Crippen molar-refractivity contribution in [2.24, 2.45) is 0 Å². The van der Waals surface area contributed by atoms with E-state index in [1.807, 2.05) is 6.07 Å². The first-order chi connectivity index (χ1) is 8.52. The summed E-state index contributed by atoms with van der Waals surface area (Å²) >= 11 is 1.18. The Morgan fingerprint density at radius 2 is 1.78 bits per heavy atom. The van der Waals surface area contributed by atoms with Gasteiger partial charge < -0.3 is 5.73 Å². The van der Waals surface area contributed by atoms with Gasteiger partial charge in [0.25, 0.3) is 0 Å². The molecule has 1 heterocycles. The van der Waals surface area contributed by atoms with Crippen LogP contribution < -0.4 is 5.73 Å². The highest BCUT2D eigenvalue weighted by Crippen LogP contribution is 2.32. The van der Waals surface area contributed by atoms with Crippen LogP contribution in [0.25, 0.3) is 0 Å². The lowest BCUT2D eigenvalue weighted by molar-refractivity contribution is 0.102. The zero-order valence-electron chi connectivity index (χ0n) is 10.2. The van der Waals surface area contributed by atoms with E-state index in [1.165, 1.54) is 18.3 Å². The van der Waals surface area contributed by atoms with Crippen molar-refractivity contribution < 1.29 is 9.59 Å². The van der Waals surface area contributed by atoms with Crippen molar-refractivity contribution in [3.63, 3.8) is 0 Å². The van der Waals surface area contributed by atoms with Crippen molar-refractivity contribution in [1.82, 2.24) is 0 Å². The Morgan fingerprint density at radius 3 is 2.28 bits per heavy atom. The largest absolute Gasteiger partial charge is 0.390 e. The van der Waals surface area contributed by atoms with Gasteiger partial charge in [0.2, 0.25) is 0 Å². The highest BCUT2D eigenvalue weighted by Gasteiger charge is 2.22. The highest BCUT2D eigenvalue weighted by atomic mass is 32.1. The molecule has 0 atom stereocenters. The molecule has 1 aromatic heterocycles. The Bertz CT molecular complexity index is 614. The van der Waals surface area contributed by atoms with Crippen LogP contribution >= 0.6 is 11.3 Å². The average Bonchev–Trinajstić information content (AvgIpc) is 2.65. The molecule has 1 aromatic carbocycles. The van der Waals surface area contributed by atoms with Crippen LogP contribution in [-0.2, 0) is 0 Å². The predicted molar refractivity (Wildman–Crippen MR) is 73.3 cm³/mol. The Hall–Kier alpha value is -1.94. The summed E-state index contributed by atoms with van der Waals surface area (Å²) in [6.07, 6.45) is 0. The molecule has 0 amide bonds. The molecule has 0 fully saturated rings. The van der Waals surface area contributed by atoms with Crippen molar-refractivity contribution in [1.29, 1.82) is 0 Å². The third kappa shape index (κ3) is 2.07. The normalized spacial score (nSPS) is 10.3. The van der Waals surface area contributed by atoms with Crippen molar-refractivity contribution in [3.8, 4) is 0 Å². The van der Waals surface area contributed by atoms with Gasteiger partial charge in [-0.15, -0.1) is 11.3 Å². The SMILES string of the molecule is CC(=O)c1sc(N)c(C(=O)c2ccccc2)c1C. The quantitative estimate of drug-likeness (QED) is 0.862. The van der Waals surface area contributed by atoms with E-state index in [9.17, 15) is 9.59 Å². The number of carbonyl (C=O) groups is 2. The number of rotatable bonds is 3. The van der Waals surface area contributed by atoms with Crippen molar-refractivity contribution in [3.05, 3.63) is 51.9 Å². The molecule has 0 aliphatic rings. The topological polar surface area (TPSA) is 60.2 Å². The van der Waals surface area contributed by atoms with E-state index in [4.69, 9.17) is 5.73 Å². The third-order valence-corrected chi connectivity index (χ3v) is 3.98. The minimum Gasteiger partial charge on any atom is -0.390 e. The van der Waals surface area contributed by atoms with Gasteiger partial charge in [-0.3, -0.25) is 9.59 Å². The van der Waals surface area contributed by atoms with Gasteiger partial charge in [0.15, 0.2) is 11.6 Å². The second kappa shape index (κ2) is 4.74. The summed E-state index contributed by atoms with van der Waals surface area (Å²) < 4.78 is 0. The van der Waals surface area contributed by atoms with Gasteiger partial charge in [0, 0.05) is 5.56 Å². The smallest absolute Gasteiger partial charge is 0.196 e. The second-order valence-corrected chi connectivity index (χ2v) is 5.10. The van der Waals surface area contributed by atoms with Gasteiger partial charge in [-0.05, 0) is 19.4 Å². The minimum atomic E-state index is -0.130. The molecule has 0 bridgehead atoms. The Morgan fingerprint density at radius 1 is 1.17 bits per heavy atom. The molecular formula is C14H13NO2S. The standard InChI is InChI=1S/C14H13NO2S/c1-8-11(14(15)18-13(8)9(2)16)12(17)10-6-4-3-5-7-10/h3-7H,15H2,1-2H3. The van der Waals surface area contributed by atoms with Crippen LogP contribution in [0.4, 0.5) is 5.00 Å². The fraction of sp³-hybridized carbons (Fsp3) is 0.143. The van der Waals surface area contributed by atoms with Gasteiger partial charge in [-0.2, -0.15) is 0 Å². The number of anilines is 1. The molecule has 0 aliphatic carbocycles. The maximum Gasteiger partial charge on any atom is 0.196 e. The highest BCUT2D eigenvalue weighted by molar-refractivity contribution is 7.18. The minimum absolute atomic E-state index is 0.0590. The molecule has 92 valence electrons. The van der Waals surface area contributed by atoms with Crippen molar-refractivity contribution in [2.45, 2.75) is 13.8 Å². The van der Waals surface area contributed by atoms with Crippen LogP contribution in [0.15, 0.2) is 30.3 Å². The summed E-state index contributed by atoms with van der Waals surface area (Å²) in [6, 6.07) is 8.94. The maximum absolute atomic E-state index is 12.3. The van der Waals surface area contributed by atoms with Crippen LogP contribution in [0.3, 0.4) is 0 Å². The number of Topliss-reactive ketones (excluding diaryl/α,β-unsaturated/α-hetero) is 1. The fourth-order valence-corrected chi connectivity index (χ4v) is 2.85. The lowest BCUT2D eigenvalue weighted by atomic mass is 10.0. The van der Waals surface area contributed by atoms with Gasteiger partial charge in [0.05, 0.1) is 15.4 Å². The first kappa shape index (κ1) is 12.5. The Balaban J connectivity index is 2.53. The third-order valence-electron chi connectivity index (χ3n) is 2.76. The molecule has 2 aromatic rings. The number of ketones is 2. The van der Waals surface area contributed by atoms with E-state index in [-0.39, 0.29) is 11.6 Å². The second-order valence-electron chi connectivity index (χ2n) is 4.05. The van der Waals surface area contributed by atoms with Crippen LogP contribution in [0.5, 0.6) is 0 Å². The number of benzene rings is 1. The molecule has 3 nitrogen and oxygen atoms in total. The lowest BCUT2D eigenvalue weighted by Gasteiger charge is -2.02. The number of hydrogen-bond donors (Lipinski definition) is 1. The molecule has 0 radical (unpaired) electrons. The monoisotopic (exact) mass is 259 g/mol. The molecule has 0 saturated carbocycles. The molecule has 0 aliphatic heterocycles. The van der Waals surface area contributed by atoms with E-state index in [1.54, 1.807) is 31.2 Å². The van der Waals surface area contributed by atoms with Crippen molar-refractivity contribution in [2.75, 3.05) is 5.73 Å². The van der Waals surface area contributed by atoms with E-state index >= 15 is 0 Å². The van der Waals surface area contributed by atoms with Gasteiger partial charge in [-0.1, -0.05) is 30.3 Å². The summed E-state index contributed by atoms with van der Waals surface area (Å²) in [4.78, 5) is 24.3. The predicted octanol–water partition coefficient (Wildman–Crippen LogP) is 3.07. The molecule has 0 spiro atoms. The molecule has 4 heteroatoms. The molecule has 0 unspecified atom stereocenters. The molecule has 18 heavy (non-hydrogen) atoms. The summed E-state index contributed by atoms with van der Waals surface area (Å²) in [6.45, 7) is 3.24. The number of thiophene rings is 1. The molecule has 0 saturated heterocycles. The molecule has 2 N–H and O–H groups in total. The lowest BCUT2D eigenvalue weighted by Crippen LogP contribution is -2.05. The number of hydrogen-bond acceptors (Lipinski definition) is 4. The number of nitrogens with two attached hydrogens (primary N) is 1. The van der Waals surface area contributed by atoms with Crippen LogP contribution in [-0.4, -0.2) is 11.6 Å². The molecule has 2 rings (SSSR count). The first-order valence-electron chi connectivity index (χ1n) is 5.52. The molecular weight excluding hydrogens is 246 g/mol. The zero-order chi connectivity index (χ0) is 13.3. The first-order valence-corrected chi connectivity index (χ1v) is 6.33. The summed E-state index contributed by atoms with van der Waals surface area (Å²) in [5, 5.41) is 0.409. The van der Waals surface area contributed by atoms with Crippen LogP contribution in [0, 0.1) is 6.92 Å². The van der Waals surface area contributed by atoms with Gasteiger partial charge in [-0.25, -0.2) is 0 Å². The summed E-state index contributed by atoms with van der Waals surface area (Å²) in [5.41, 5.74) is 7.58. The van der Waals surface area contributed by atoms with Gasteiger partial charge in [0.1, 0.15) is 0 Å². The van der Waals surface area contributed by atoms with Crippen molar-refractivity contribution >= 4 is 27.9 Å². The van der Waals surface area contributed by atoms with Crippen LogP contribution in [0.1, 0.15) is 38.1 Å². The average molecular weight is 259 g/mol. The van der Waals surface area contributed by atoms with Gasteiger partial charge >= 0.3 is 0 Å². The Kier molecular flexibility index (Phi) is 3.30. The summed E-state index contributed by atoms with van der Waals surface area (Å²) in [5.74, 6) is -0.189. The zero-order valence-corrected chi connectivity index (χ0v) is 11.0. The van der Waals surface area contributed by atoms with E-state index in [0.717, 1.165) is 0 Å². The van der Waals surface area contributed by atoms with Crippen LogP contribution in [0.2, 0.25) is 0 Å². The number of nitrogen functional groups attached to an aromatic ring is 1. The summed E-state index contributed by atoms with van der Waals surface area (Å²) in [7, 11) is 0. The Labute approximate surface area is 109 Å². The van der Waals surface area contributed by atoms with E-state index < -0.39 is 0 Å².